The number of hydrogen-bond acceptors (Lipinski definition) is 15. The molecule has 17 nitrogen and oxygen atoms in total. The van der Waals surface area contributed by atoms with Crippen LogP contribution in [-0.4, -0.2) is 96.7 Å². The molecule has 0 amide bonds. The van der Waals surface area contributed by atoms with Crippen molar-refractivity contribution < 1.29 is 80.2 Å². The van der Waals surface area contributed by atoms with Crippen LogP contribution in [0.1, 0.15) is 459 Å². The average Bonchev–Trinajstić information content (AvgIpc) is 0.914. The minimum atomic E-state index is -4.97. The third kappa shape index (κ3) is 79.9. The number of phosphoric ester groups is 2. The predicted octanol–water partition coefficient (Wildman–Crippen LogP) is 26.2. The summed E-state index contributed by atoms with van der Waals surface area (Å²) in [6, 6.07) is 0. The highest BCUT2D eigenvalue weighted by Crippen LogP contribution is 2.45. The Labute approximate surface area is 645 Å². The Morgan fingerprint density at radius 3 is 0.648 bits per heavy atom. The molecule has 0 bridgehead atoms. The maximum atomic E-state index is 13.1. The molecule has 0 aromatic heterocycles. The molecule has 3 N–H and O–H groups in total. The molecule has 0 aromatic rings. The van der Waals surface area contributed by atoms with Crippen molar-refractivity contribution in [1.82, 2.24) is 0 Å². The van der Waals surface area contributed by atoms with E-state index in [9.17, 15) is 43.2 Å². The zero-order valence-corrected chi connectivity index (χ0v) is 70.8. The van der Waals surface area contributed by atoms with Gasteiger partial charge in [0.05, 0.1) is 26.4 Å². The minimum Gasteiger partial charge on any atom is -0.462 e. The number of carbonyl (C=O) groups excluding carboxylic acids is 4. The van der Waals surface area contributed by atoms with E-state index in [4.69, 9.17) is 37.0 Å². The van der Waals surface area contributed by atoms with E-state index >= 15 is 0 Å². The normalized spacial score (nSPS) is 13.8. The minimum absolute atomic E-state index is 0.107. The summed E-state index contributed by atoms with van der Waals surface area (Å²) in [4.78, 5) is 73.2. The van der Waals surface area contributed by atoms with Gasteiger partial charge in [0.1, 0.15) is 19.3 Å². The van der Waals surface area contributed by atoms with E-state index in [0.29, 0.717) is 25.7 Å². The van der Waals surface area contributed by atoms with E-state index in [0.717, 1.165) is 102 Å². The van der Waals surface area contributed by atoms with Crippen LogP contribution in [0.5, 0.6) is 0 Å². The number of ether oxygens (including phenoxy) is 4. The second kappa shape index (κ2) is 77.4. The number of unbranched alkanes of at least 4 members (excludes halogenated alkanes) is 55. The summed E-state index contributed by atoms with van der Waals surface area (Å²) in [7, 11) is -9.93. The molecule has 0 saturated heterocycles. The topological polar surface area (TPSA) is 237 Å². The van der Waals surface area contributed by atoms with Crippen molar-refractivity contribution in [2.24, 2.45) is 11.8 Å². The number of esters is 4. The van der Waals surface area contributed by atoms with Crippen molar-refractivity contribution in [1.29, 1.82) is 0 Å². The largest absolute Gasteiger partial charge is 0.472 e. The lowest BCUT2D eigenvalue weighted by Crippen LogP contribution is -2.30. The van der Waals surface area contributed by atoms with Gasteiger partial charge in [-0.2, -0.15) is 0 Å². The molecule has 0 spiro atoms. The van der Waals surface area contributed by atoms with Crippen LogP contribution in [-0.2, 0) is 65.4 Å². The third-order valence-electron chi connectivity index (χ3n) is 20.2. The molecule has 19 heteroatoms. The van der Waals surface area contributed by atoms with Gasteiger partial charge in [-0.1, -0.05) is 408 Å². The fourth-order valence-corrected chi connectivity index (χ4v) is 15.0. The Kier molecular flexibility index (Phi) is 76.0. The van der Waals surface area contributed by atoms with E-state index in [1.807, 2.05) is 0 Å². The van der Waals surface area contributed by atoms with Gasteiger partial charge in [0, 0.05) is 25.7 Å². The monoisotopic (exact) mass is 1540 g/mol. The van der Waals surface area contributed by atoms with Gasteiger partial charge in [-0.25, -0.2) is 9.13 Å². The zero-order chi connectivity index (χ0) is 77.1. The first-order chi connectivity index (χ1) is 50.9. The molecule has 0 aliphatic carbocycles. The van der Waals surface area contributed by atoms with Gasteiger partial charge in [-0.05, 0) is 37.5 Å². The summed E-state index contributed by atoms with van der Waals surface area (Å²) in [6.07, 6.45) is 69.5. The predicted molar refractivity (Wildman–Crippen MR) is 432 cm³/mol. The third-order valence-corrected chi connectivity index (χ3v) is 22.1. The van der Waals surface area contributed by atoms with Gasteiger partial charge >= 0.3 is 39.5 Å². The molecule has 2 unspecified atom stereocenters. The van der Waals surface area contributed by atoms with Gasteiger partial charge in [0.25, 0.3) is 0 Å². The van der Waals surface area contributed by atoms with Crippen LogP contribution in [0.25, 0.3) is 0 Å². The van der Waals surface area contributed by atoms with Crippen LogP contribution in [0.3, 0.4) is 0 Å². The summed E-state index contributed by atoms with van der Waals surface area (Å²) >= 11 is 0. The van der Waals surface area contributed by atoms with E-state index in [-0.39, 0.29) is 25.7 Å². The Balaban J connectivity index is 5.22. The van der Waals surface area contributed by atoms with Crippen molar-refractivity contribution in [3.05, 3.63) is 0 Å². The number of hydrogen-bond donors (Lipinski definition) is 3. The smallest absolute Gasteiger partial charge is 0.462 e. The number of phosphoric acid groups is 2. The van der Waals surface area contributed by atoms with Crippen LogP contribution in [0.2, 0.25) is 0 Å². The molecule has 105 heavy (non-hydrogen) atoms. The van der Waals surface area contributed by atoms with E-state index < -0.39 is 97.5 Å². The SMILES string of the molecule is CCCCCCCCCCCCCCCCCCCCCCCCC(=O)O[C@H](COC(=O)CCCCCCCCCCCCCCCCCC(C)C)COP(=O)(O)OC[C@@H](O)COP(=O)(O)OC[C@@H](COC(=O)CCCCCCCCCCCC)OC(=O)CCCCCCCCCCCCCCC(C)C. The van der Waals surface area contributed by atoms with Crippen LogP contribution in [0, 0.1) is 11.8 Å². The fraction of sp³-hybridized carbons (Fsp3) is 0.953. The van der Waals surface area contributed by atoms with E-state index in [1.165, 1.54) is 276 Å². The van der Waals surface area contributed by atoms with E-state index in [2.05, 4.69) is 41.5 Å². The van der Waals surface area contributed by atoms with Crippen molar-refractivity contribution in [2.75, 3.05) is 39.6 Å². The summed E-state index contributed by atoms with van der Waals surface area (Å²) in [5.41, 5.74) is 0. The lowest BCUT2D eigenvalue weighted by Gasteiger charge is -2.21. The number of aliphatic hydroxyl groups is 1. The van der Waals surface area contributed by atoms with Gasteiger partial charge < -0.3 is 33.8 Å². The molecule has 0 saturated carbocycles. The highest BCUT2D eigenvalue weighted by molar-refractivity contribution is 7.47. The molecule has 0 aromatic carbocycles. The second-order valence-corrected chi connectivity index (χ2v) is 34.8. The summed E-state index contributed by atoms with van der Waals surface area (Å²) < 4.78 is 68.9. The average molecular weight is 1540 g/mol. The lowest BCUT2D eigenvalue weighted by molar-refractivity contribution is -0.161. The van der Waals surface area contributed by atoms with Gasteiger partial charge in [-0.15, -0.1) is 0 Å². The first-order valence-electron chi connectivity index (χ1n) is 44.5. The summed E-state index contributed by atoms with van der Waals surface area (Å²) in [5, 5.41) is 10.7. The molecule has 0 heterocycles. The maximum Gasteiger partial charge on any atom is 0.472 e. The fourth-order valence-electron chi connectivity index (χ4n) is 13.4. The summed E-state index contributed by atoms with van der Waals surface area (Å²) in [5.74, 6) is -0.520. The second-order valence-electron chi connectivity index (χ2n) is 31.9. The Morgan fingerprint density at radius 1 is 0.257 bits per heavy atom. The molecular formula is C86H168O17P2. The first-order valence-corrected chi connectivity index (χ1v) is 47.5. The van der Waals surface area contributed by atoms with Crippen molar-refractivity contribution in [3.63, 3.8) is 0 Å². The van der Waals surface area contributed by atoms with Crippen LogP contribution in [0.4, 0.5) is 0 Å². The van der Waals surface area contributed by atoms with Crippen molar-refractivity contribution in [3.8, 4) is 0 Å². The molecule has 0 rings (SSSR count). The van der Waals surface area contributed by atoms with Crippen LogP contribution in [0.15, 0.2) is 0 Å². The quantitative estimate of drug-likeness (QED) is 0.0222. The highest BCUT2D eigenvalue weighted by atomic mass is 31.2. The van der Waals surface area contributed by atoms with E-state index in [1.54, 1.807) is 0 Å². The van der Waals surface area contributed by atoms with Crippen LogP contribution >= 0.6 is 15.6 Å². The Bertz CT molecular complexity index is 2010. The molecule has 0 fully saturated rings. The first kappa shape index (κ1) is 103. The van der Waals surface area contributed by atoms with Crippen molar-refractivity contribution in [2.45, 2.75) is 477 Å². The maximum absolute atomic E-state index is 13.1. The lowest BCUT2D eigenvalue weighted by atomic mass is 10.0. The number of aliphatic hydroxyl groups excluding tert-OH is 1. The number of rotatable bonds is 85. The van der Waals surface area contributed by atoms with Crippen molar-refractivity contribution >= 4 is 39.5 Å². The molecule has 624 valence electrons. The van der Waals surface area contributed by atoms with Gasteiger partial charge in [0.2, 0.25) is 0 Å². The molecule has 0 radical (unpaired) electrons. The number of carbonyl (C=O) groups is 4. The standard InChI is InChI=1S/C86H168O17P2/c1-7-9-11-13-15-17-19-20-21-22-23-24-25-26-27-30-34-40-46-52-58-64-70-85(90)103-82(75-97-84(89)69-63-57-51-45-39-33-31-28-29-32-37-42-48-54-60-66-78(3)4)77-101-105(94,95)99-73-80(87)72-98-104(92,93)100-76-81(74-96-83(88)68-62-56-50-44-18-16-14-12-10-8-2)102-86(91)71-65-59-53-47-41-36-35-38-43-49-55-61-67-79(5)6/h78-82,87H,7-77H2,1-6H3,(H,92,93)(H,94,95)/t80-,81+,82+/m0/s1. The Morgan fingerprint density at radius 2 is 0.438 bits per heavy atom. The molecular weight excluding hydrogens is 1370 g/mol. The van der Waals surface area contributed by atoms with Gasteiger partial charge in [0.15, 0.2) is 12.2 Å². The summed E-state index contributed by atoms with van der Waals surface area (Å²) in [6.45, 7) is 9.69. The van der Waals surface area contributed by atoms with Crippen LogP contribution < -0.4 is 0 Å². The zero-order valence-electron chi connectivity index (χ0n) is 69.0. The Hall–Kier alpha value is -1.94. The molecule has 0 aliphatic heterocycles. The molecule has 5 atom stereocenters. The van der Waals surface area contributed by atoms with Gasteiger partial charge in [-0.3, -0.25) is 37.3 Å². The molecule has 0 aliphatic rings. The highest BCUT2D eigenvalue weighted by Gasteiger charge is 2.30.